The largest absolute Gasteiger partial charge is 0.457 e. The van der Waals surface area contributed by atoms with Gasteiger partial charge in [-0.3, -0.25) is 0 Å². The van der Waals surface area contributed by atoms with Crippen molar-refractivity contribution in [3.63, 3.8) is 0 Å². The van der Waals surface area contributed by atoms with Crippen LogP contribution in [0, 0.1) is 6.92 Å². The minimum absolute atomic E-state index is 0.685. The van der Waals surface area contributed by atoms with E-state index in [1.807, 2.05) is 0 Å². The van der Waals surface area contributed by atoms with Gasteiger partial charge in [0.2, 0.25) is 0 Å². The van der Waals surface area contributed by atoms with Gasteiger partial charge in [0.15, 0.2) is 0 Å². The van der Waals surface area contributed by atoms with E-state index < -0.39 is 5.41 Å². The van der Waals surface area contributed by atoms with Gasteiger partial charge in [-0.15, -0.1) is 0 Å². The molecule has 1 spiro atoms. The predicted octanol–water partition coefficient (Wildman–Crippen LogP) is 18.3. The highest BCUT2D eigenvalue weighted by Crippen LogP contribution is 2.63. The normalized spacial score (nSPS) is 12.7. The molecule has 0 amide bonds. The van der Waals surface area contributed by atoms with E-state index in [0.29, 0.717) is 0 Å². The molecule has 0 saturated heterocycles. The van der Waals surface area contributed by atoms with Crippen LogP contribution in [0.15, 0.2) is 261 Å². The van der Waals surface area contributed by atoms with Gasteiger partial charge in [-0.05, 0) is 103 Å². The fraction of sp³-hybridized carbons (Fsp3) is 0.0294. The molecule has 0 radical (unpaired) electrons. The minimum Gasteiger partial charge on any atom is -0.457 e. The summed E-state index contributed by atoms with van der Waals surface area (Å²) < 4.78 is 13.9. The quantitative estimate of drug-likeness (QED) is 0.159. The van der Waals surface area contributed by atoms with Crippen LogP contribution in [0.1, 0.15) is 27.8 Å². The Kier molecular flexibility index (Phi) is 9.99. The summed E-state index contributed by atoms with van der Waals surface area (Å²) in [5.41, 5.74) is 21.0. The van der Waals surface area contributed by atoms with Crippen LogP contribution < -0.4 is 9.47 Å². The Morgan fingerprint density at radius 1 is 0.229 bits per heavy atom. The van der Waals surface area contributed by atoms with Gasteiger partial charge in [-0.25, -0.2) is 0 Å². The summed E-state index contributed by atoms with van der Waals surface area (Å²) in [7, 11) is 0. The van der Waals surface area contributed by atoms with Crippen molar-refractivity contribution < 1.29 is 9.47 Å². The van der Waals surface area contributed by atoms with E-state index in [4.69, 9.17) is 9.47 Å². The highest BCUT2D eigenvalue weighted by molar-refractivity contribution is 6.15. The standard InChI is InChI=1S/C68H46O2/c1-45-39-44-56-67(70-59-38-22-19-35-55(59)68(56)53-33-17-20-36-57(53)69-58-37-21-18-34-54(58)68)60(45)51-40-42-52(43-41-51)66-64(49-29-13-5-14-30-49)62(47-25-9-3-10-26-47)61(46-23-7-2-8-24-46)63(48-27-11-4-12-28-48)65(66)50-31-15-6-16-32-50/h2-44H,1H3. The highest BCUT2D eigenvalue weighted by Gasteiger charge is 2.51. The minimum atomic E-state index is -0.685. The average Bonchev–Trinajstić information content (AvgIpc) is 3.43. The summed E-state index contributed by atoms with van der Waals surface area (Å²) in [6, 6.07) is 94.1. The van der Waals surface area contributed by atoms with Crippen LogP contribution in [-0.4, -0.2) is 0 Å². The molecule has 2 aliphatic heterocycles. The highest BCUT2D eigenvalue weighted by atomic mass is 16.5. The van der Waals surface area contributed by atoms with Gasteiger partial charge in [-0.2, -0.15) is 0 Å². The molecule has 0 aromatic heterocycles. The van der Waals surface area contributed by atoms with E-state index in [0.717, 1.165) is 95.3 Å². The van der Waals surface area contributed by atoms with Gasteiger partial charge in [0, 0.05) is 27.8 Å². The molecule has 330 valence electrons. The molecule has 13 rings (SSSR count). The number of ether oxygens (including phenoxy) is 2. The maximum absolute atomic E-state index is 7.21. The number of benzene rings is 11. The number of hydrogen-bond acceptors (Lipinski definition) is 2. The molecular formula is C68H46O2. The molecule has 0 bridgehead atoms. The van der Waals surface area contributed by atoms with Crippen molar-refractivity contribution in [2.75, 3.05) is 0 Å². The van der Waals surface area contributed by atoms with Gasteiger partial charge in [-0.1, -0.05) is 243 Å². The molecule has 0 fully saturated rings. The zero-order chi connectivity index (χ0) is 46.6. The van der Waals surface area contributed by atoms with Gasteiger partial charge < -0.3 is 9.47 Å². The lowest BCUT2D eigenvalue weighted by molar-refractivity contribution is 0.400. The van der Waals surface area contributed by atoms with Crippen molar-refractivity contribution in [3.8, 4) is 101 Å². The fourth-order valence-electron chi connectivity index (χ4n) is 11.4. The van der Waals surface area contributed by atoms with E-state index in [2.05, 4.69) is 268 Å². The first kappa shape index (κ1) is 41.2. The van der Waals surface area contributed by atoms with Crippen molar-refractivity contribution in [1.82, 2.24) is 0 Å². The molecule has 2 heterocycles. The second kappa shape index (κ2) is 17.0. The summed E-state index contributed by atoms with van der Waals surface area (Å²) in [5.74, 6) is 3.40. The third kappa shape index (κ3) is 6.49. The molecule has 0 unspecified atom stereocenters. The zero-order valence-corrected chi connectivity index (χ0v) is 38.6. The maximum Gasteiger partial charge on any atom is 0.140 e. The maximum atomic E-state index is 7.21. The Morgan fingerprint density at radius 3 is 0.843 bits per heavy atom. The summed E-state index contributed by atoms with van der Waals surface area (Å²) >= 11 is 0. The van der Waals surface area contributed by atoms with Gasteiger partial charge in [0.05, 0.1) is 5.41 Å². The van der Waals surface area contributed by atoms with E-state index in [1.54, 1.807) is 0 Å². The third-order valence-corrected chi connectivity index (χ3v) is 14.3. The monoisotopic (exact) mass is 894 g/mol. The molecule has 0 aliphatic carbocycles. The fourth-order valence-corrected chi connectivity index (χ4v) is 11.4. The Morgan fingerprint density at radius 2 is 0.500 bits per heavy atom. The summed E-state index contributed by atoms with van der Waals surface area (Å²) in [6.07, 6.45) is 0. The summed E-state index contributed by atoms with van der Waals surface area (Å²) in [5, 5.41) is 0. The smallest absolute Gasteiger partial charge is 0.140 e. The molecular weight excluding hydrogens is 849 g/mol. The van der Waals surface area contributed by atoms with Crippen LogP contribution in [0.5, 0.6) is 23.0 Å². The summed E-state index contributed by atoms with van der Waals surface area (Å²) in [6.45, 7) is 2.20. The molecule has 2 aliphatic rings. The van der Waals surface area contributed by atoms with Crippen LogP contribution in [0.2, 0.25) is 0 Å². The van der Waals surface area contributed by atoms with Crippen molar-refractivity contribution in [1.29, 1.82) is 0 Å². The first-order valence-electron chi connectivity index (χ1n) is 24.1. The van der Waals surface area contributed by atoms with Crippen molar-refractivity contribution in [2.45, 2.75) is 12.3 Å². The van der Waals surface area contributed by atoms with Gasteiger partial charge >= 0.3 is 0 Å². The molecule has 11 aromatic rings. The number of aryl methyl sites for hydroxylation is 1. The molecule has 0 atom stereocenters. The van der Waals surface area contributed by atoms with Gasteiger partial charge in [0.1, 0.15) is 23.0 Å². The number of rotatable bonds is 7. The van der Waals surface area contributed by atoms with E-state index >= 15 is 0 Å². The Balaban J connectivity index is 1.11. The third-order valence-electron chi connectivity index (χ3n) is 14.3. The molecule has 2 heteroatoms. The van der Waals surface area contributed by atoms with Crippen LogP contribution >= 0.6 is 0 Å². The lowest BCUT2D eigenvalue weighted by atomic mass is 9.62. The summed E-state index contributed by atoms with van der Waals surface area (Å²) in [4.78, 5) is 0. The Hall–Kier alpha value is -8.98. The first-order chi connectivity index (χ1) is 34.7. The van der Waals surface area contributed by atoms with Crippen LogP contribution in [-0.2, 0) is 5.41 Å². The zero-order valence-electron chi connectivity index (χ0n) is 38.6. The van der Waals surface area contributed by atoms with Crippen molar-refractivity contribution in [3.05, 3.63) is 289 Å². The lowest BCUT2D eigenvalue weighted by Crippen LogP contribution is -2.37. The molecule has 0 saturated carbocycles. The van der Waals surface area contributed by atoms with E-state index in [9.17, 15) is 0 Å². The second-order valence-corrected chi connectivity index (χ2v) is 18.2. The van der Waals surface area contributed by atoms with E-state index in [1.165, 1.54) is 33.4 Å². The van der Waals surface area contributed by atoms with Crippen molar-refractivity contribution >= 4 is 0 Å². The van der Waals surface area contributed by atoms with Crippen molar-refractivity contribution in [2.24, 2.45) is 0 Å². The first-order valence-corrected chi connectivity index (χ1v) is 24.1. The van der Waals surface area contributed by atoms with Crippen LogP contribution in [0.25, 0.3) is 77.9 Å². The SMILES string of the molecule is Cc1ccc2c(c1-c1ccc(-c3c(-c4ccccc4)c(-c4ccccc4)c(-c4ccccc4)c(-c4ccccc4)c3-c3ccccc3)cc1)Oc1ccccc1C21c2ccccc2Oc2ccccc21. The van der Waals surface area contributed by atoms with Gasteiger partial charge in [0.25, 0.3) is 0 Å². The topological polar surface area (TPSA) is 18.5 Å². The predicted molar refractivity (Wildman–Crippen MR) is 288 cm³/mol. The number of hydrogen-bond donors (Lipinski definition) is 0. The van der Waals surface area contributed by atoms with Crippen LogP contribution in [0.4, 0.5) is 0 Å². The lowest BCUT2D eigenvalue weighted by Gasteiger charge is -2.45. The Bertz CT molecular complexity index is 3560. The molecule has 0 N–H and O–H groups in total. The Labute approximate surface area is 409 Å². The van der Waals surface area contributed by atoms with E-state index in [-0.39, 0.29) is 0 Å². The molecule has 70 heavy (non-hydrogen) atoms. The molecule has 2 nitrogen and oxygen atoms in total. The molecule has 11 aromatic carbocycles. The average molecular weight is 895 g/mol. The van der Waals surface area contributed by atoms with Crippen LogP contribution in [0.3, 0.4) is 0 Å². The number of para-hydroxylation sites is 3. The second-order valence-electron chi connectivity index (χ2n) is 18.2. The number of fused-ring (bicyclic) bond motifs is 8.